The van der Waals surface area contributed by atoms with Gasteiger partial charge in [0.25, 0.3) is 0 Å². The number of hydrogen-bond donors (Lipinski definition) is 0. The molecule has 0 aliphatic rings. The monoisotopic (exact) mass is 958 g/mol. The number of rotatable bonds is 18. The zero-order valence-corrected chi connectivity index (χ0v) is 40.3. The van der Waals surface area contributed by atoms with Crippen LogP contribution in [-0.4, -0.2) is 20.6 Å². The summed E-state index contributed by atoms with van der Waals surface area (Å²) in [6, 6.07) is 92.4. The van der Waals surface area contributed by atoms with Crippen LogP contribution in [0.3, 0.4) is 0 Å². The van der Waals surface area contributed by atoms with Gasteiger partial charge in [0, 0.05) is 0 Å². The van der Waals surface area contributed by atoms with Gasteiger partial charge < -0.3 is 0 Å². The summed E-state index contributed by atoms with van der Waals surface area (Å²) < 4.78 is 1.09. The molecule has 8 aromatic carbocycles. The average molecular weight is 959 g/mol. The van der Waals surface area contributed by atoms with E-state index in [0.29, 0.717) is 8.26 Å². The van der Waals surface area contributed by atoms with Crippen molar-refractivity contribution in [1.82, 2.24) is 0 Å². The third kappa shape index (κ3) is 11.0. The van der Waals surface area contributed by atoms with Crippen LogP contribution in [0.1, 0.15) is 12.8 Å². The molecule has 0 N–H and O–H groups in total. The van der Waals surface area contributed by atoms with Gasteiger partial charge in [-0.3, -0.25) is 0 Å². The minimum absolute atomic E-state index is 0.545. The Morgan fingerprint density at radius 2 is 0.459 bits per heavy atom. The fourth-order valence-corrected chi connectivity index (χ4v) is 33.7. The maximum absolute atomic E-state index is 2.84. The Balaban J connectivity index is 1.31. The van der Waals surface area contributed by atoms with E-state index < -0.39 is 47.2 Å². The van der Waals surface area contributed by atoms with Gasteiger partial charge in [0.05, 0.1) is 0 Å². The molecule has 0 saturated carbocycles. The molecular formula is C56H56P4Pd. The molecular weight excluding hydrogens is 903 g/mol. The molecule has 8 aromatic rings. The van der Waals surface area contributed by atoms with Crippen LogP contribution in [0.15, 0.2) is 243 Å². The summed E-state index contributed by atoms with van der Waals surface area (Å²) in [5, 5.41) is 17.7. The van der Waals surface area contributed by atoms with Crippen molar-refractivity contribution in [2.24, 2.45) is 0 Å². The Morgan fingerprint density at radius 1 is 0.279 bits per heavy atom. The van der Waals surface area contributed by atoms with Crippen LogP contribution in [0.25, 0.3) is 0 Å². The SMILES string of the molecule is [CH3][Pd]([CH3])([CH](CCP(c1ccccc1)c1ccccc1)P(c1ccccc1)c1ccccc1)[CH](CCP(c1ccccc1)c1ccccc1)P(c1ccccc1)c1ccccc1. The molecule has 0 aliphatic heterocycles. The minimum atomic E-state index is -2.46. The van der Waals surface area contributed by atoms with E-state index in [1.165, 1.54) is 67.6 Å². The summed E-state index contributed by atoms with van der Waals surface area (Å²) in [6.07, 6.45) is 4.75. The third-order valence-electron chi connectivity index (χ3n) is 11.2. The molecule has 0 aliphatic carbocycles. The van der Waals surface area contributed by atoms with Gasteiger partial charge in [-0.05, 0) is 0 Å². The molecule has 5 heteroatoms. The second kappa shape index (κ2) is 22.0. The molecule has 8 rings (SSSR count). The van der Waals surface area contributed by atoms with Gasteiger partial charge in [-0.1, -0.05) is 0 Å². The summed E-state index contributed by atoms with van der Waals surface area (Å²) in [4.78, 5) is 0. The molecule has 2 unspecified atom stereocenters. The number of benzene rings is 8. The first kappa shape index (κ1) is 43.8. The Kier molecular flexibility index (Phi) is 15.8. The van der Waals surface area contributed by atoms with E-state index in [2.05, 4.69) is 253 Å². The first-order chi connectivity index (χ1) is 30.1. The topological polar surface area (TPSA) is 0 Å². The quantitative estimate of drug-likeness (QED) is 0.0594. The molecule has 2 atom stereocenters. The van der Waals surface area contributed by atoms with Crippen LogP contribution in [0, 0.1) is 0 Å². The Bertz CT molecular complexity index is 2120. The van der Waals surface area contributed by atoms with Crippen LogP contribution < -0.4 is 42.4 Å². The second-order valence-electron chi connectivity index (χ2n) is 15.2. The van der Waals surface area contributed by atoms with Gasteiger partial charge in [0.15, 0.2) is 0 Å². The van der Waals surface area contributed by atoms with Crippen molar-refractivity contribution in [3.63, 3.8) is 0 Å². The first-order valence-corrected chi connectivity index (χ1v) is 31.8. The molecule has 61 heavy (non-hydrogen) atoms. The molecule has 0 spiro atoms. The van der Waals surface area contributed by atoms with Crippen LogP contribution in [0.2, 0.25) is 10.8 Å². The van der Waals surface area contributed by atoms with Gasteiger partial charge in [-0.2, -0.15) is 0 Å². The van der Waals surface area contributed by atoms with Gasteiger partial charge in [-0.25, -0.2) is 0 Å². The van der Waals surface area contributed by atoms with Crippen LogP contribution in [-0.2, 0) is 15.5 Å². The predicted molar refractivity (Wildman–Crippen MR) is 275 cm³/mol. The van der Waals surface area contributed by atoms with Gasteiger partial charge >= 0.3 is 377 Å². The van der Waals surface area contributed by atoms with Gasteiger partial charge in [-0.15, -0.1) is 0 Å². The van der Waals surface area contributed by atoms with Crippen LogP contribution in [0.5, 0.6) is 0 Å². The summed E-state index contributed by atoms with van der Waals surface area (Å²) >= 11 is -2.46. The Labute approximate surface area is 374 Å². The second-order valence-corrected chi connectivity index (χ2v) is 33.9. The summed E-state index contributed by atoms with van der Waals surface area (Å²) in [5.41, 5.74) is 0. The van der Waals surface area contributed by atoms with E-state index >= 15 is 0 Å². The normalized spacial score (nSPS) is 13.1. The van der Waals surface area contributed by atoms with Crippen molar-refractivity contribution in [1.29, 1.82) is 0 Å². The standard InChI is InChI=1S/2C27H25P2.2CH3.Pd/c2*1-5-14-24(15-6-1)28(25-16-7-2-8-17-25)22-13-23-29(26-18-9-3-10-19-26)27-20-11-4-12-21-27;;;/h2*1-12,14-22H,13,23H2;2*1H3;. The first-order valence-electron chi connectivity index (χ1n) is 21.0. The summed E-state index contributed by atoms with van der Waals surface area (Å²) in [5.74, 6) is 0. The van der Waals surface area contributed by atoms with E-state index in [9.17, 15) is 0 Å². The van der Waals surface area contributed by atoms with Crippen molar-refractivity contribution < 1.29 is 15.5 Å². The molecule has 0 saturated heterocycles. The van der Waals surface area contributed by atoms with E-state index in [1.807, 2.05) is 0 Å². The van der Waals surface area contributed by atoms with E-state index in [4.69, 9.17) is 0 Å². The van der Waals surface area contributed by atoms with Crippen LogP contribution in [0.4, 0.5) is 0 Å². The average Bonchev–Trinajstić information content (AvgIpc) is 3.33. The van der Waals surface area contributed by atoms with Crippen molar-refractivity contribution in [3.8, 4) is 0 Å². The van der Waals surface area contributed by atoms with E-state index in [-0.39, 0.29) is 0 Å². The van der Waals surface area contributed by atoms with E-state index in [0.717, 1.165) is 0 Å². The van der Waals surface area contributed by atoms with E-state index in [1.54, 1.807) is 0 Å². The third-order valence-corrected chi connectivity index (χ3v) is 34.9. The molecule has 0 radical (unpaired) electrons. The molecule has 0 bridgehead atoms. The zero-order chi connectivity index (χ0) is 41.7. The molecule has 0 aromatic heterocycles. The molecule has 0 amide bonds. The maximum atomic E-state index is 2.84. The molecule has 310 valence electrons. The van der Waals surface area contributed by atoms with Crippen molar-refractivity contribution >= 4 is 74.1 Å². The van der Waals surface area contributed by atoms with Crippen molar-refractivity contribution in [3.05, 3.63) is 243 Å². The fraction of sp³-hybridized carbons (Fsp3) is 0.143. The summed E-state index contributed by atoms with van der Waals surface area (Å²) in [6.45, 7) is 0. The molecule has 0 fully saturated rings. The van der Waals surface area contributed by atoms with Gasteiger partial charge in [0.2, 0.25) is 0 Å². The molecule has 0 nitrogen and oxygen atoms in total. The van der Waals surface area contributed by atoms with Crippen molar-refractivity contribution in [2.75, 3.05) is 12.3 Å². The Morgan fingerprint density at radius 3 is 0.656 bits per heavy atom. The number of hydrogen-bond acceptors (Lipinski definition) is 0. The fourth-order valence-electron chi connectivity index (χ4n) is 8.25. The van der Waals surface area contributed by atoms with Crippen LogP contribution >= 0.6 is 31.7 Å². The summed E-state index contributed by atoms with van der Waals surface area (Å²) in [7, 11) is -2.48. The Hall–Kier alpha value is -3.86. The zero-order valence-electron chi connectivity index (χ0n) is 35.2. The molecule has 0 heterocycles. The predicted octanol–water partition coefficient (Wildman–Crippen LogP) is 12.2. The van der Waals surface area contributed by atoms with Gasteiger partial charge in [0.1, 0.15) is 0 Å². The van der Waals surface area contributed by atoms with Crippen molar-refractivity contribution in [2.45, 2.75) is 31.9 Å².